The molecule has 1 aromatic rings. The molecular formula is C22H34N3O3S+. The lowest BCUT2D eigenvalue weighted by molar-refractivity contribution is -0.896. The number of piperazine rings is 1. The normalized spacial score (nSPS) is 26.8. The van der Waals surface area contributed by atoms with Crippen molar-refractivity contribution in [2.24, 2.45) is 11.8 Å². The number of rotatable bonds is 5. The molecule has 0 bridgehead atoms. The molecule has 0 aromatic heterocycles. The second kappa shape index (κ2) is 9.14. The van der Waals surface area contributed by atoms with Crippen molar-refractivity contribution in [3.05, 3.63) is 35.9 Å². The van der Waals surface area contributed by atoms with Crippen LogP contribution >= 0.6 is 0 Å². The Kier molecular flexibility index (Phi) is 6.56. The summed E-state index contributed by atoms with van der Waals surface area (Å²) in [6.07, 6.45) is 6.46. The number of sulfonamides is 1. The van der Waals surface area contributed by atoms with Crippen LogP contribution in [0, 0.1) is 11.8 Å². The predicted molar refractivity (Wildman–Crippen MR) is 113 cm³/mol. The summed E-state index contributed by atoms with van der Waals surface area (Å²) in [6.45, 7) is 4.77. The fraction of sp³-hybridized carbons (Fsp3) is 0.682. The van der Waals surface area contributed by atoms with Gasteiger partial charge in [-0.2, -0.15) is 4.31 Å². The van der Waals surface area contributed by atoms with E-state index in [9.17, 15) is 13.2 Å². The van der Waals surface area contributed by atoms with Gasteiger partial charge in [0.25, 0.3) is 5.91 Å². The number of benzene rings is 1. The van der Waals surface area contributed by atoms with Crippen molar-refractivity contribution in [2.45, 2.75) is 37.9 Å². The first kappa shape index (κ1) is 20.8. The number of likely N-dealkylation sites (tertiary alicyclic amines) is 1. The number of nitrogens with zero attached hydrogens (tertiary/aromatic N) is 2. The largest absolute Gasteiger partial charge is 0.338 e. The molecule has 1 aliphatic carbocycles. The van der Waals surface area contributed by atoms with Gasteiger partial charge in [0.05, 0.1) is 31.9 Å². The second-order valence-electron chi connectivity index (χ2n) is 9.00. The van der Waals surface area contributed by atoms with Gasteiger partial charge in [0.15, 0.2) is 6.54 Å². The van der Waals surface area contributed by atoms with E-state index < -0.39 is 10.0 Å². The summed E-state index contributed by atoms with van der Waals surface area (Å²) in [6, 6.07) is 9.34. The Balaban J connectivity index is 1.25. The van der Waals surface area contributed by atoms with E-state index in [2.05, 4.69) is 4.90 Å². The van der Waals surface area contributed by atoms with E-state index in [1.54, 1.807) is 4.31 Å². The van der Waals surface area contributed by atoms with Crippen LogP contribution in [0.2, 0.25) is 0 Å². The molecule has 2 aliphatic heterocycles. The molecule has 6 nitrogen and oxygen atoms in total. The summed E-state index contributed by atoms with van der Waals surface area (Å²) >= 11 is 0. The zero-order valence-electron chi connectivity index (χ0n) is 17.3. The van der Waals surface area contributed by atoms with Crippen LogP contribution < -0.4 is 4.90 Å². The number of carbonyl (C=O) groups is 1. The Bertz CT molecular complexity index is 791. The van der Waals surface area contributed by atoms with E-state index in [1.165, 1.54) is 30.6 Å². The summed E-state index contributed by atoms with van der Waals surface area (Å²) in [5.74, 6) is 1.85. The van der Waals surface area contributed by atoms with Crippen LogP contribution in [0.15, 0.2) is 30.3 Å². The molecule has 4 rings (SSSR count). The smallest absolute Gasteiger partial charge is 0.277 e. The van der Waals surface area contributed by atoms with Crippen LogP contribution in [0.5, 0.6) is 0 Å². The molecule has 7 heteroatoms. The standard InChI is InChI=1S/C22H33N3O3S/c26-22(24-11-10-20-8-4-5-9-21(20)16-24)17-23-12-14-25(15-13-23)29(27,28)18-19-6-2-1-3-7-19/h1-3,6-7,20-21H,4-5,8-18H2/p+1/t20-,21-/m1/s1. The number of fused-ring (bicyclic) bond motifs is 1. The summed E-state index contributed by atoms with van der Waals surface area (Å²) in [7, 11) is -3.30. The molecule has 1 aromatic carbocycles. The highest BCUT2D eigenvalue weighted by molar-refractivity contribution is 7.88. The van der Waals surface area contributed by atoms with Gasteiger partial charge in [0.2, 0.25) is 10.0 Å². The molecule has 3 fully saturated rings. The quantitative estimate of drug-likeness (QED) is 0.765. The number of amides is 1. The van der Waals surface area contributed by atoms with E-state index >= 15 is 0 Å². The van der Waals surface area contributed by atoms with Crippen molar-refractivity contribution in [1.29, 1.82) is 0 Å². The molecule has 0 radical (unpaired) electrons. The molecule has 0 spiro atoms. The Hall–Kier alpha value is -1.44. The zero-order valence-corrected chi connectivity index (χ0v) is 18.1. The number of hydrogen-bond donors (Lipinski definition) is 1. The van der Waals surface area contributed by atoms with Crippen LogP contribution in [-0.2, 0) is 20.6 Å². The van der Waals surface area contributed by atoms with Gasteiger partial charge in [0.1, 0.15) is 0 Å². The van der Waals surface area contributed by atoms with Crippen molar-refractivity contribution in [2.75, 3.05) is 45.8 Å². The molecule has 29 heavy (non-hydrogen) atoms. The summed E-state index contributed by atoms with van der Waals surface area (Å²) < 4.78 is 27.0. The molecule has 3 aliphatic rings. The lowest BCUT2D eigenvalue weighted by Crippen LogP contribution is -3.15. The van der Waals surface area contributed by atoms with E-state index in [-0.39, 0.29) is 11.7 Å². The molecule has 1 N–H and O–H groups in total. The average molecular weight is 421 g/mol. The Morgan fingerprint density at radius 1 is 0.966 bits per heavy atom. The third kappa shape index (κ3) is 5.19. The molecule has 2 saturated heterocycles. The third-order valence-electron chi connectivity index (χ3n) is 7.06. The van der Waals surface area contributed by atoms with E-state index in [4.69, 9.17) is 0 Å². The average Bonchev–Trinajstić information content (AvgIpc) is 2.74. The maximum Gasteiger partial charge on any atom is 0.277 e. The zero-order chi connectivity index (χ0) is 20.3. The second-order valence-corrected chi connectivity index (χ2v) is 11.0. The summed E-state index contributed by atoms with van der Waals surface area (Å²) in [4.78, 5) is 16.1. The molecule has 2 heterocycles. The van der Waals surface area contributed by atoms with Crippen LogP contribution in [0.25, 0.3) is 0 Å². The minimum atomic E-state index is -3.30. The molecule has 2 atom stereocenters. The molecule has 1 amide bonds. The first-order valence-corrected chi connectivity index (χ1v) is 12.8. The molecular weight excluding hydrogens is 386 g/mol. The van der Waals surface area contributed by atoms with Crippen molar-refractivity contribution in [3.63, 3.8) is 0 Å². The predicted octanol–water partition coefficient (Wildman–Crippen LogP) is 0.756. The van der Waals surface area contributed by atoms with Gasteiger partial charge in [-0.15, -0.1) is 0 Å². The van der Waals surface area contributed by atoms with Crippen molar-refractivity contribution in [1.82, 2.24) is 9.21 Å². The Morgan fingerprint density at radius 3 is 2.38 bits per heavy atom. The summed E-state index contributed by atoms with van der Waals surface area (Å²) in [5.41, 5.74) is 0.823. The van der Waals surface area contributed by atoms with Crippen LogP contribution in [0.3, 0.4) is 0 Å². The van der Waals surface area contributed by atoms with Gasteiger partial charge in [-0.1, -0.05) is 49.6 Å². The van der Waals surface area contributed by atoms with Gasteiger partial charge < -0.3 is 9.80 Å². The number of nitrogens with one attached hydrogen (secondary N) is 1. The van der Waals surface area contributed by atoms with Crippen molar-refractivity contribution < 1.29 is 18.1 Å². The maximum atomic E-state index is 12.8. The number of carbonyl (C=O) groups excluding carboxylic acids is 1. The first-order chi connectivity index (χ1) is 14.0. The fourth-order valence-electron chi connectivity index (χ4n) is 5.29. The Morgan fingerprint density at radius 2 is 1.66 bits per heavy atom. The number of hydrogen-bond acceptors (Lipinski definition) is 3. The minimum absolute atomic E-state index is 0.0540. The van der Waals surface area contributed by atoms with Gasteiger partial charge in [-0.05, 0) is 30.2 Å². The van der Waals surface area contributed by atoms with Crippen LogP contribution in [0.1, 0.15) is 37.7 Å². The SMILES string of the molecule is O=C(C[NH+]1CCN(S(=O)(=O)Cc2ccccc2)CC1)N1CC[C@H]2CCCC[C@@H]2C1. The molecule has 0 unspecified atom stereocenters. The van der Waals surface area contributed by atoms with E-state index in [1.807, 2.05) is 30.3 Å². The van der Waals surface area contributed by atoms with Crippen LogP contribution in [-0.4, -0.2) is 69.3 Å². The van der Waals surface area contributed by atoms with Crippen molar-refractivity contribution >= 4 is 15.9 Å². The van der Waals surface area contributed by atoms with Gasteiger partial charge >= 0.3 is 0 Å². The lowest BCUT2D eigenvalue weighted by Gasteiger charge is -2.41. The summed E-state index contributed by atoms with van der Waals surface area (Å²) in [5, 5.41) is 0. The first-order valence-electron chi connectivity index (χ1n) is 11.1. The monoisotopic (exact) mass is 420 g/mol. The lowest BCUT2D eigenvalue weighted by atomic mass is 9.75. The molecule has 1 saturated carbocycles. The third-order valence-corrected chi connectivity index (χ3v) is 8.91. The van der Waals surface area contributed by atoms with E-state index in [0.29, 0.717) is 38.6 Å². The maximum absolute atomic E-state index is 12.8. The number of quaternary nitrogens is 1. The molecule has 160 valence electrons. The van der Waals surface area contributed by atoms with Gasteiger partial charge in [0, 0.05) is 13.1 Å². The minimum Gasteiger partial charge on any atom is -0.338 e. The van der Waals surface area contributed by atoms with Crippen LogP contribution in [0.4, 0.5) is 0 Å². The fourth-order valence-corrected chi connectivity index (χ4v) is 6.82. The topological polar surface area (TPSA) is 62.1 Å². The highest BCUT2D eigenvalue weighted by atomic mass is 32.2. The number of piperidine rings is 1. The highest BCUT2D eigenvalue weighted by Gasteiger charge is 2.35. The van der Waals surface area contributed by atoms with E-state index in [0.717, 1.165) is 31.0 Å². The van der Waals surface area contributed by atoms with Gasteiger partial charge in [-0.3, -0.25) is 4.79 Å². The highest BCUT2D eigenvalue weighted by Crippen LogP contribution is 2.35. The van der Waals surface area contributed by atoms with Gasteiger partial charge in [-0.25, -0.2) is 8.42 Å². The van der Waals surface area contributed by atoms with Crippen molar-refractivity contribution in [3.8, 4) is 0 Å². The Labute approximate surface area is 174 Å².